The Bertz CT molecular complexity index is 378. The number of rotatable bonds is 5. The van der Waals surface area contributed by atoms with Gasteiger partial charge in [0.15, 0.2) is 0 Å². The van der Waals surface area contributed by atoms with Crippen molar-refractivity contribution in [3.8, 4) is 11.5 Å². The Balaban J connectivity index is 2.98. The molecule has 0 aromatic heterocycles. The molecule has 0 amide bonds. The maximum atomic E-state index is 11.2. The normalized spacial score (nSPS) is 10.1. The second kappa shape index (κ2) is 6.68. The summed E-state index contributed by atoms with van der Waals surface area (Å²) in [5, 5.41) is 0. The Morgan fingerprint density at radius 3 is 2.12 bits per heavy atom. The Kier molecular flexibility index (Phi) is 5.54. The van der Waals surface area contributed by atoms with E-state index in [-0.39, 0.29) is 5.97 Å². The van der Waals surface area contributed by atoms with E-state index in [0.717, 1.165) is 20.6 Å². The molecule has 0 atom stereocenters. The van der Waals surface area contributed by atoms with Crippen LogP contribution in [-0.4, -0.2) is 31.7 Å². The topological polar surface area (TPSA) is 44.8 Å². The molecule has 0 unspecified atom stereocenters. The first-order chi connectivity index (χ1) is 8.12. The van der Waals surface area contributed by atoms with Crippen molar-refractivity contribution in [1.29, 1.82) is 0 Å². The van der Waals surface area contributed by atoms with Gasteiger partial charge in [-0.1, -0.05) is 0 Å². The average molecular weight is 351 g/mol. The Labute approximate surface area is 112 Å². The predicted molar refractivity (Wildman–Crippen MR) is 59.9 cm³/mol. The number of aryl methyl sites for hydroxylation is 1. The summed E-state index contributed by atoms with van der Waals surface area (Å²) in [7, 11) is 4.65. The molecule has 0 heterocycles. The summed E-state index contributed by atoms with van der Waals surface area (Å²) >= 11 is -0.513. The average Bonchev–Trinajstić information content (AvgIpc) is 2.35. The van der Waals surface area contributed by atoms with Gasteiger partial charge in [-0.05, 0) is 0 Å². The number of methoxy groups -OCH3 is 3. The number of halogens is 1. The summed E-state index contributed by atoms with van der Waals surface area (Å²) in [5.41, 5.74) is 1.07. The molecule has 1 rings (SSSR count). The van der Waals surface area contributed by atoms with Crippen LogP contribution in [0.15, 0.2) is 12.1 Å². The first kappa shape index (κ1) is 14.1. The zero-order valence-electron chi connectivity index (χ0n) is 10.4. The van der Waals surface area contributed by atoms with Crippen molar-refractivity contribution in [3.05, 3.63) is 21.3 Å². The third kappa shape index (κ3) is 3.76. The molecule has 1 aromatic carbocycles. The number of carbonyl (C=O) groups is 1. The van der Waals surface area contributed by atoms with Crippen molar-refractivity contribution in [2.24, 2.45) is 0 Å². The molecule has 0 saturated heterocycles. The molecular weight excluding hydrogens is 335 g/mol. The molecule has 0 spiro atoms. The molecule has 5 heteroatoms. The quantitative estimate of drug-likeness (QED) is 0.366. The molecule has 96 valence electrons. The molecule has 4 nitrogen and oxygen atoms in total. The van der Waals surface area contributed by atoms with Crippen molar-refractivity contribution in [3.63, 3.8) is 0 Å². The zero-order valence-corrected chi connectivity index (χ0v) is 12.5. The van der Waals surface area contributed by atoms with Gasteiger partial charge in [0.25, 0.3) is 0 Å². The summed E-state index contributed by atoms with van der Waals surface area (Å²) in [5.74, 6) is 1.39. The van der Waals surface area contributed by atoms with Gasteiger partial charge in [0.2, 0.25) is 0 Å². The van der Waals surface area contributed by atoms with Crippen molar-refractivity contribution in [1.82, 2.24) is 0 Å². The zero-order chi connectivity index (χ0) is 12.8. The minimum absolute atomic E-state index is 0.192. The van der Waals surface area contributed by atoms with E-state index in [1.165, 1.54) is 7.11 Å². The number of ether oxygens (including phenoxy) is 3. The van der Waals surface area contributed by atoms with Gasteiger partial charge in [0.1, 0.15) is 0 Å². The molecule has 0 radical (unpaired) electrons. The van der Waals surface area contributed by atoms with Gasteiger partial charge in [-0.2, -0.15) is 0 Å². The SMILES string of the molecule is COC(=O)C[I-]c1c(OC)cc(C)cc1OC. The maximum absolute atomic E-state index is 11.2. The van der Waals surface area contributed by atoms with Gasteiger partial charge in [-0.25, -0.2) is 0 Å². The van der Waals surface area contributed by atoms with Crippen molar-refractivity contribution in [2.75, 3.05) is 25.8 Å². The first-order valence-electron chi connectivity index (χ1n) is 5.01. The van der Waals surface area contributed by atoms with E-state index < -0.39 is 21.2 Å². The number of carbonyl (C=O) groups excluding carboxylic acids is 1. The molecule has 0 bridgehead atoms. The van der Waals surface area contributed by atoms with Gasteiger partial charge in [-0.15, -0.1) is 0 Å². The molecule has 0 N–H and O–H groups in total. The van der Waals surface area contributed by atoms with Crippen LogP contribution >= 0.6 is 0 Å². The minimum atomic E-state index is -0.513. The van der Waals surface area contributed by atoms with E-state index in [1.54, 1.807) is 14.2 Å². The van der Waals surface area contributed by atoms with E-state index in [4.69, 9.17) is 9.47 Å². The van der Waals surface area contributed by atoms with Crippen LogP contribution in [-0.2, 0) is 9.53 Å². The first-order valence-corrected chi connectivity index (χ1v) is 7.61. The van der Waals surface area contributed by atoms with E-state index >= 15 is 0 Å². The van der Waals surface area contributed by atoms with Gasteiger partial charge in [0.05, 0.1) is 0 Å². The van der Waals surface area contributed by atoms with Crippen LogP contribution in [0.1, 0.15) is 5.56 Å². The molecule has 17 heavy (non-hydrogen) atoms. The van der Waals surface area contributed by atoms with E-state index in [2.05, 4.69) is 4.74 Å². The second-order valence-electron chi connectivity index (χ2n) is 3.33. The van der Waals surface area contributed by atoms with Gasteiger partial charge >= 0.3 is 112 Å². The van der Waals surface area contributed by atoms with E-state index in [9.17, 15) is 4.79 Å². The van der Waals surface area contributed by atoms with Crippen molar-refractivity contribution < 1.29 is 40.2 Å². The molecular formula is C12H16IO4-. The molecule has 0 aliphatic carbocycles. The van der Waals surface area contributed by atoms with Gasteiger partial charge in [0, 0.05) is 0 Å². The Hall–Kier alpha value is -0.980. The van der Waals surface area contributed by atoms with Crippen LogP contribution in [0.3, 0.4) is 0 Å². The Morgan fingerprint density at radius 1 is 1.18 bits per heavy atom. The van der Waals surface area contributed by atoms with Crippen LogP contribution < -0.4 is 30.7 Å². The van der Waals surface area contributed by atoms with Crippen LogP contribution in [0, 0.1) is 10.5 Å². The fourth-order valence-corrected chi connectivity index (χ4v) is 3.82. The van der Waals surface area contributed by atoms with Gasteiger partial charge in [-0.3, -0.25) is 0 Å². The summed E-state index contributed by atoms with van der Waals surface area (Å²) in [6.07, 6.45) is 0. The molecule has 0 fully saturated rings. The number of hydrogen-bond acceptors (Lipinski definition) is 4. The number of alkyl halides is 1. The summed E-state index contributed by atoms with van der Waals surface area (Å²) in [6.45, 7) is 1.98. The molecule has 0 aliphatic heterocycles. The summed E-state index contributed by atoms with van der Waals surface area (Å²) in [6, 6.07) is 3.91. The summed E-state index contributed by atoms with van der Waals surface area (Å²) < 4.78 is 16.7. The number of esters is 1. The predicted octanol–water partition coefficient (Wildman–Crippen LogP) is -1.56. The third-order valence-electron chi connectivity index (χ3n) is 2.13. The van der Waals surface area contributed by atoms with Crippen molar-refractivity contribution >= 4 is 5.97 Å². The standard InChI is InChI=1S/C12H16IO4/c1-8-5-9(15-2)12(10(6-8)16-3)13-7-11(14)17-4/h5-6H,7H2,1-4H3/q-1. The fraction of sp³-hybridized carbons (Fsp3) is 0.417. The molecule has 1 aromatic rings. The van der Waals surface area contributed by atoms with Crippen LogP contribution in [0.25, 0.3) is 0 Å². The van der Waals surface area contributed by atoms with E-state index in [0.29, 0.717) is 4.43 Å². The summed E-state index contributed by atoms with van der Waals surface area (Å²) in [4.78, 5) is 11.2. The van der Waals surface area contributed by atoms with Gasteiger partial charge < -0.3 is 0 Å². The number of hydrogen-bond donors (Lipinski definition) is 0. The third-order valence-corrected chi connectivity index (χ3v) is 4.96. The molecule has 0 aliphatic rings. The van der Waals surface area contributed by atoms with E-state index in [1.807, 2.05) is 19.1 Å². The Morgan fingerprint density at radius 2 is 1.71 bits per heavy atom. The van der Waals surface area contributed by atoms with Crippen molar-refractivity contribution in [2.45, 2.75) is 6.92 Å². The van der Waals surface area contributed by atoms with Crippen LogP contribution in [0.2, 0.25) is 0 Å². The second-order valence-corrected chi connectivity index (χ2v) is 5.93. The monoisotopic (exact) mass is 351 g/mol. The fourth-order valence-electron chi connectivity index (χ4n) is 1.31. The molecule has 0 saturated carbocycles. The van der Waals surface area contributed by atoms with Crippen LogP contribution in [0.5, 0.6) is 11.5 Å². The number of benzene rings is 1. The van der Waals surface area contributed by atoms with Crippen LogP contribution in [0.4, 0.5) is 0 Å².